The Morgan fingerprint density at radius 1 is 1.12 bits per heavy atom. The van der Waals surface area contributed by atoms with Crippen molar-refractivity contribution in [2.24, 2.45) is 0 Å². The smallest absolute Gasteiger partial charge is 0.150 e. The van der Waals surface area contributed by atoms with Gasteiger partial charge < -0.3 is 10.1 Å². The minimum absolute atomic E-state index is 0.0798. The molecule has 1 aromatic heterocycles. The first-order chi connectivity index (χ1) is 12.8. The molecule has 1 aliphatic heterocycles. The van der Waals surface area contributed by atoms with Gasteiger partial charge in [0.25, 0.3) is 0 Å². The monoisotopic (exact) mass is 367 g/mol. The fourth-order valence-corrected chi connectivity index (χ4v) is 3.42. The Kier molecular flexibility index (Phi) is 5.23. The van der Waals surface area contributed by atoms with E-state index in [0.29, 0.717) is 0 Å². The minimum Gasteiger partial charge on any atom is -0.381 e. The Morgan fingerprint density at radius 3 is 2.77 bits per heavy atom. The summed E-state index contributed by atoms with van der Waals surface area (Å²) in [4.78, 5) is 0. The highest BCUT2D eigenvalue weighted by Crippen LogP contribution is 2.26. The van der Waals surface area contributed by atoms with Crippen LogP contribution in [0.3, 0.4) is 0 Å². The molecule has 1 aliphatic rings. The number of rotatable bonds is 5. The molecule has 2 aromatic carbocycles. The first-order valence-electron chi connectivity index (χ1n) is 9.02. The predicted molar refractivity (Wildman–Crippen MR) is 105 cm³/mol. The second kappa shape index (κ2) is 7.94. The van der Waals surface area contributed by atoms with Gasteiger partial charge >= 0.3 is 0 Å². The molecular weight excluding hydrogens is 346 g/mol. The van der Waals surface area contributed by atoms with Gasteiger partial charge in [0.2, 0.25) is 0 Å². The highest BCUT2D eigenvalue weighted by atomic mass is 35.5. The number of nitrogens with zero attached hydrogens (tertiary/aromatic N) is 2. The molecule has 1 atom stereocenters. The van der Waals surface area contributed by atoms with E-state index in [1.54, 1.807) is 0 Å². The van der Waals surface area contributed by atoms with Gasteiger partial charge in [-0.1, -0.05) is 35.9 Å². The lowest BCUT2D eigenvalue weighted by Crippen LogP contribution is -2.18. The summed E-state index contributed by atoms with van der Waals surface area (Å²) in [6.07, 6.45) is 7.45. The molecule has 0 bridgehead atoms. The SMILES string of the molecule is Clc1cccc(CNc2ccc(-c3cnn(C4CCCCO4)c3)cc2)c1. The minimum atomic E-state index is 0.0798. The van der Waals surface area contributed by atoms with Crippen LogP contribution in [-0.2, 0) is 11.3 Å². The van der Waals surface area contributed by atoms with Crippen molar-refractivity contribution < 1.29 is 4.74 Å². The molecule has 1 fully saturated rings. The maximum Gasteiger partial charge on any atom is 0.150 e. The number of hydrogen-bond donors (Lipinski definition) is 1. The number of halogens is 1. The number of ether oxygens (including phenoxy) is 1. The fourth-order valence-electron chi connectivity index (χ4n) is 3.21. The van der Waals surface area contributed by atoms with E-state index in [4.69, 9.17) is 16.3 Å². The van der Waals surface area contributed by atoms with E-state index in [-0.39, 0.29) is 6.23 Å². The van der Waals surface area contributed by atoms with Gasteiger partial charge in [-0.25, -0.2) is 4.68 Å². The van der Waals surface area contributed by atoms with Crippen LogP contribution in [0.2, 0.25) is 5.02 Å². The molecule has 4 rings (SSSR count). The topological polar surface area (TPSA) is 39.1 Å². The molecule has 1 N–H and O–H groups in total. The summed E-state index contributed by atoms with van der Waals surface area (Å²) >= 11 is 6.03. The summed E-state index contributed by atoms with van der Waals surface area (Å²) in [7, 11) is 0. The van der Waals surface area contributed by atoms with Crippen molar-refractivity contribution in [1.82, 2.24) is 9.78 Å². The number of benzene rings is 2. The normalized spacial score (nSPS) is 17.2. The summed E-state index contributed by atoms with van der Waals surface area (Å²) in [5.74, 6) is 0. The Hall–Kier alpha value is -2.30. The van der Waals surface area contributed by atoms with Crippen LogP contribution in [0.5, 0.6) is 0 Å². The maximum atomic E-state index is 6.03. The fraction of sp³-hybridized carbons (Fsp3) is 0.286. The van der Waals surface area contributed by atoms with Gasteiger partial charge in [-0.15, -0.1) is 0 Å². The molecular formula is C21H22ClN3O. The molecule has 1 saturated heterocycles. The molecule has 0 amide bonds. The van der Waals surface area contributed by atoms with Crippen LogP contribution < -0.4 is 5.32 Å². The molecule has 0 radical (unpaired) electrons. The molecule has 26 heavy (non-hydrogen) atoms. The lowest BCUT2D eigenvalue weighted by atomic mass is 10.1. The highest BCUT2D eigenvalue weighted by molar-refractivity contribution is 6.30. The van der Waals surface area contributed by atoms with Crippen LogP contribution in [0.4, 0.5) is 5.69 Å². The van der Waals surface area contributed by atoms with Crippen molar-refractivity contribution in [3.8, 4) is 11.1 Å². The van der Waals surface area contributed by atoms with E-state index >= 15 is 0 Å². The average Bonchev–Trinajstić information content (AvgIpc) is 3.18. The van der Waals surface area contributed by atoms with E-state index in [1.165, 1.54) is 6.42 Å². The molecule has 3 aromatic rings. The number of hydrogen-bond acceptors (Lipinski definition) is 3. The van der Waals surface area contributed by atoms with Gasteiger partial charge in [-0.05, 0) is 54.7 Å². The lowest BCUT2D eigenvalue weighted by Gasteiger charge is -2.22. The highest BCUT2D eigenvalue weighted by Gasteiger charge is 2.16. The summed E-state index contributed by atoms with van der Waals surface area (Å²) in [6.45, 7) is 1.57. The molecule has 0 saturated carbocycles. The maximum absolute atomic E-state index is 6.03. The predicted octanol–water partition coefficient (Wildman–Crippen LogP) is 5.51. The van der Waals surface area contributed by atoms with Crippen LogP contribution in [0.1, 0.15) is 31.1 Å². The Bertz CT molecular complexity index is 854. The summed E-state index contributed by atoms with van der Waals surface area (Å²) in [6, 6.07) is 16.3. The van der Waals surface area contributed by atoms with Crippen molar-refractivity contribution in [2.45, 2.75) is 32.0 Å². The number of anilines is 1. The summed E-state index contributed by atoms with van der Waals surface area (Å²) in [5, 5.41) is 8.67. The third-order valence-electron chi connectivity index (χ3n) is 4.66. The molecule has 134 valence electrons. The zero-order valence-corrected chi connectivity index (χ0v) is 15.3. The van der Waals surface area contributed by atoms with Gasteiger partial charge in [0, 0.05) is 35.6 Å². The Balaban J connectivity index is 1.40. The van der Waals surface area contributed by atoms with Crippen LogP contribution in [0.15, 0.2) is 60.9 Å². The van der Waals surface area contributed by atoms with Crippen molar-refractivity contribution in [3.63, 3.8) is 0 Å². The third kappa shape index (κ3) is 4.09. The van der Waals surface area contributed by atoms with Gasteiger partial charge in [-0.3, -0.25) is 0 Å². The van der Waals surface area contributed by atoms with Crippen LogP contribution in [-0.4, -0.2) is 16.4 Å². The van der Waals surface area contributed by atoms with E-state index in [0.717, 1.165) is 53.4 Å². The number of nitrogens with one attached hydrogen (secondary N) is 1. The first kappa shape index (κ1) is 17.1. The van der Waals surface area contributed by atoms with Crippen LogP contribution in [0.25, 0.3) is 11.1 Å². The van der Waals surface area contributed by atoms with Crippen LogP contribution in [0, 0.1) is 0 Å². The van der Waals surface area contributed by atoms with E-state index in [2.05, 4.69) is 46.9 Å². The molecule has 1 unspecified atom stereocenters. The first-order valence-corrected chi connectivity index (χ1v) is 9.40. The average molecular weight is 368 g/mol. The molecule has 0 spiro atoms. The zero-order chi connectivity index (χ0) is 17.8. The van der Waals surface area contributed by atoms with E-state index < -0.39 is 0 Å². The largest absolute Gasteiger partial charge is 0.381 e. The second-order valence-corrected chi connectivity index (χ2v) is 7.03. The van der Waals surface area contributed by atoms with E-state index in [9.17, 15) is 0 Å². The van der Waals surface area contributed by atoms with Crippen LogP contribution >= 0.6 is 11.6 Å². The lowest BCUT2D eigenvalue weighted by molar-refractivity contribution is -0.0394. The van der Waals surface area contributed by atoms with Crippen molar-refractivity contribution >= 4 is 17.3 Å². The van der Waals surface area contributed by atoms with Crippen molar-refractivity contribution in [2.75, 3.05) is 11.9 Å². The second-order valence-electron chi connectivity index (χ2n) is 6.59. The van der Waals surface area contributed by atoms with E-state index in [1.807, 2.05) is 29.1 Å². The Morgan fingerprint density at radius 2 is 2.00 bits per heavy atom. The molecule has 5 heteroatoms. The quantitative estimate of drug-likeness (QED) is 0.645. The zero-order valence-electron chi connectivity index (χ0n) is 14.6. The summed E-state index contributed by atoms with van der Waals surface area (Å²) in [5.41, 5.74) is 4.51. The summed E-state index contributed by atoms with van der Waals surface area (Å²) < 4.78 is 7.74. The standard InChI is InChI=1S/C21H22ClN3O/c22-19-5-3-4-16(12-19)13-23-20-9-7-17(8-10-20)18-14-24-25(15-18)21-6-1-2-11-26-21/h3-5,7-10,12,14-15,21,23H,1-2,6,11,13H2. The third-order valence-corrected chi connectivity index (χ3v) is 4.89. The van der Waals surface area contributed by atoms with Gasteiger partial charge in [0.1, 0.15) is 6.23 Å². The van der Waals surface area contributed by atoms with Gasteiger partial charge in [-0.2, -0.15) is 5.10 Å². The van der Waals surface area contributed by atoms with Crippen molar-refractivity contribution in [1.29, 1.82) is 0 Å². The number of aromatic nitrogens is 2. The van der Waals surface area contributed by atoms with Crippen molar-refractivity contribution in [3.05, 3.63) is 71.5 Å². The molecule has 2 heterocycles. The molecule has 0 aliphatic carbocycles. The Labute approximate surface area is 158 Å². The van der Waals surface area contributed by atoms with Gasteiger partial charge in [0.05, 0.1) is 6.20 Å². The molecule has 4 nitrogen and oxygen atoms in total. The van der Waals surface area contributed by atoms with Gasteiger partial charge in [0.15, 0.2) is 0 Å².